The molecule has 0 aromatic rings. The van der Waals surface area contributed by atoms with Crippen LogP contribution in [0.2, 0.25) is 0 Å². The summed E-state index contributed by atoms with van der Waals surface area (Å²) in [7, 11) is 0. The van der Waals surface area contributed by atoms with Crippen LogP contribution in [0.3, 0.4) is 0 Å². The summed E-state index contributed by atoms with van der Waals surface area (Å²) in [6.07, 6.45) is 2.54. The maximum atomic E-state index is 3.87. The first kappa shape index (κ1) is 8.48. The second kappa shape index (κ2) is 4.37. The molecule has 0 heterocycles. The van der Waals surface area contributed by atoms with E-state index < -0.39 is 0 Å². The molecule has 0 rings (SSSR count). The van der Waals surface area contributed by atoms with Crippen LogP contribution in [0.1, 0.15) is 26.7 Å². The van der Waals surface area contributed by atoms with Crippen LogP contribution in [0.5, 0.6) is 0 Å². The van der Waals surface area contributed by atoms with Gasteiger partial charge in [-0.3, -0.25) is 0 Å². The molecule has 2 unspecified atom stereocenters. The summed E-state index contributed by atoms with van der Waals surface area (Å²) in [4.78, 5) is 0.433. The number of hydrogen-bond donors (Lipinski definition) is 0. The molecule has 1 radical (unpaired) electrons. The van der Waals surface area contributed by atoms with Gasteiger partial charge in [-0.05, 0) is 19.3 Å². The molecule has 0 aliphatic rings. The van der Waals surface area contributed by atoms with Crippen molar-refractivity contribution in [3.63, 3.8) is 0 Å². The van der Waals surface area contributed by atoms with Gasteiger partial charge in [0.05, 0.1) is 0 Å². The van der Waals surface area contributed by atoms with E-state index in [9.17, 15) is 0 Å². The van der Waals surface area contributed by atoms with Crippen molar-refractivity contribution in [2.75, 3.05) is 0 Å². The summed E-state index contributed by atoms with van der Waals surface area (Å²) in [5.41, 5.74) is 0. The first-order chi connectivity index (χ1) is 3.68. The standard InChI is InChI=1S/C7H14Br/c1-4-5-6(2)7(3)8/h6-7H,3-5H2,1-2H3. The summed E-state index contributed by atoms with van der Waals surface area (Å²) in [5, 5.41) is 0. The summed E-state index contributed by atoms with van der Waals surface area (Å²) >= 11 is 3.43. The molecule has 0 spiro atoms. The molecule has 8 heavy (non-hydrogen) atoms. The lowest BCUT2D eigenvalue weighted by molar-refractivity contribution is 0.545. The average molecular weight is 178 g/mol. The van der Waals surface area contributed by atoms with E-state index in [1.165, 1.54) is 12.8 Å². The maximum Gasteiger partial charge on any atom is 0.0171 e. The van der Waals surface area contributed by atoms with Crippen LogP contribution in [0.25, 0.3) is 0 Å². The Morgan fingerprint density at radius 3 is 2.25 bits per heavy atom. The lowest BCUT2D eigenvalue weighted by atomic mass is 10.0. The Kier molecular flexibility index (Phi) is 4.63. The SMILES string of the molecule is [CH2]C(Br)C(C)CCC. The van der Waals surface area contributed by atoms with E-state index in [0.717, 1.165) is 5.92 Å². The minimum absolute atomic E-state index is 0.433. The van der Waals surface area contributed by atoms with Gasteiger partial charge >= 0.3 is 0 Å². The smallest absolute Gasteiger partial charge is 0.0171 e. The fourth-order valence-corrected chi connectivity index (χ4v) is 0.901. The molecular formula is C7H14Br. The molecule has 0 aliphatic carbocycles. The monoisotopic (exact) mass is 177 g/mol. The van der Waals surface area contributed by atoms with Crippen LogP contribution in [0.15, 0.2) is 0 Å². The lowest BCUT2D eigenvalue weighted by Gasteiger charge is -2.10. The highest BCUT2D eigenvalue weighted by molar-refractivity contribution is 9.09. The van der Waals surface area contributed by atoms with E-state index in [-0.39, 0.29) is 0 Å². The van der Waals surface area contributed by atoms with Crippen LogP contribution in [-0.2, 0) is 0 Å². The zero-order valence-electron chi connectivity index (χ0n) is 5.65. The third-order valence-corrected chi connectivity index (χ3v) is 2.26. The Morgan fingerprint density at radius 1 is 1.62 bits per heavy atom. The maximum absolute atomic E-state index is 3.87. The highest BCUT2D eigenvalue weighted by Gasteiger charge is 2.05. The van der Waals surface area contributed by atoms with Crippen LogP contribution in [0, 0.1) is 12.8 Å². The predicted octanol–water partition coefficient (Wildman–Crippen LogP) is 3.02. The van der Waals surface area contributed by atoms with Crippen molar-refractivity contribution < 1.29 is 0 Å². The molecule has 0 fully saturated rings. The van der Waals surface area contributed by atoms with Gasteiger partial charge in [0.1, 0.15) is 0 Å². The Morgan fingerprint density at radius 2 is 2.12 bits per heavy atom. The van der Waals surface area contributed by atoms with Crippen LogP contribution in [-0.4, -0.2) is 4.83 Å². The normalized spacial score (nSPS) is 18.0. The summed E-state index contributed by atoms with van der Waals surface area (Å²) in [6, 6.07) is 0. The van der Waals surface area contributed by atoms with Crippen molar-refractivity contribution in [1.82, 2.24) is 0 Å². The quantitative estimate of drug-likeness (QED) is 0.582. The van der Waals surface area contributed by atoms with Crippen LogP contribution < -0.4 is 0 Å². The van der Waals surface area contributed by atoms with Gasteiger partial charge in [0, 0.05) is 4.83 Å². The van der Waals surface area contributed by atoms with Crippen molar-refractivity contribution >= 4 is 15.9 Å². The van der Waals surface area contributed by atoms with Gasteiger partial charge in [-0.2, -0.15) is 0 Å². The first-order valence-corrected chi connectivity index (χ1v) is 4.07. The van der Waals surface area contributed by atoms with E-state index in [4.69, 9.17) is 0 Å². The van der Waals surface area contributed by atoms with E-state index in [1.807, 2.05) is 0 Å². The minimum atomic E-state index is 0.433. The highest BCUT2D eigenvalue weighted by Crippen LogP contribution is 2.15. The molecule has 0 aliphatic heterocycles. The molecular weight excluding hydrogens is 164 g/mol. The second-order valence-electron chi connectivity index (χ2n) is 2.28. The van der Waals surface area contributed by atoms with Crippen molar-refractivity contribution in [3.8, 4) is 0 Å². The van der Waals surface area contributed by atoms with Gasteiger partial charge in [-0.25, -0.2) is 0 Å². The fourth-order valence-electron chi connectivity index (χ4n) is 0.636. The van der Waals surface area contributed by atoms with Gasteiger partial charge in [0.2, 0.25) is 0 Å². The van der Waals surface area contributed by atoms with E-state index in [1.54, 1.807) is 0 Å². The Hall–Kier alpha value is 0.480. The molecule has 0 nitrogen and oxygen atoms in total. The molecule has 0 aromatic carbocycles. The molecule has 2 atom stereocenters. The van der Waals surface area contributed by atoms with Crippen molar-refractivity contribution in [2.45, 2.75) is 31.5 Å². The third-order valence-electron chi connectivity index (χ3n) is 1.36. The van der Waals surface area contributed by atoms with Crippen molar-refractivity contribution in [1.29, 1.82) is 0 Å². The molecule has 0 N–H and O–H groups in total. The largest absolute Gasteiger partial charge is 0.0888 e. The van der Waals surface area contributed by atoms with Gasteiger partial charge in [0.25, 0.3) is 0 Å². The Labute approximate surface area is 60.8 Å². The van der Waals surface area contributed by atoms with Gasteiger partial charge < -0.3 is 0 Å². The second-order valence-corrected chi connectivity index (χ2v) is 3.46. The number of rotatable bonds is 3. The van der Waals surface area contributed by atoms with E-state index >= 15 is 0 Å². The summed E-state index contributed by atoms with van der Waals surface area (Å²) < 4.78 is 0. The molecule has 0 amide bonds. The van der Waals surface area contributed by atoms with Crippen LogP contribution in [0.4, 0.5) is 0 Å². The zero-order chi connectivity index (χ0) is 6.57. The lowest BCUT2D eigenvalue weighted by Crippen LogP contribution is -2.05. The predicted molar refractivity (Wildman–Crippen MR) is 42.1 cm³/mol. The number of hydrogen-bond acceptors (Lipinski definition) is 0. The summed E-state index contributed by atoms with van der Waals surface area (Å²) in [5.74, 6) is 0.722. The van der Waals surface area contributed by atoms with Gasteiger partial charge in [0.15, 0.2) is 0 Å². The van der Waals surface area contributed by atoms with Crippen LogP contribution >= 0.6 is 15.9 Å². The molecule has 49 valence electrons. The third kappa shape index (κ3) is 3.48. The highest BCUT2D eigenvalue weighted by atomic mass is 79.9. The topological polar surface area (TPSA) is 0 Å². The van der Waals surface area contributed by atoms with Gasteiger partial charge in [-0.1, -0.05) is 36.2 Å². The van der Waals surface area contributed by atoms with E-state index in [0.29, 0.717) is 4.83 Å². The summed E-state index contributed by atoms with van der Waals surface area (Å²) in [6.45, 7) is 8.29. The van der Waals surface area contributed by atoms with Gasteiger partial charge in [-0.15, -0.1) is 0 Å². The molecule has 0 saturated heterocycles. The first-order valence-electron chi connectivity index (χ1n) is 3.15. The van der Waals surface area contributed by atoms with Crippen molar-refractivity contribution in [2.24, 2.45) is 5.92 Å². The fraction of sp³-hybridized carbons (Fsp3) is 0.857. The zero-order valence-corrected chi connectivity index (χ0v) is 7.24. The van der Waals surface area contributed by atoms with Crippen molar-refractivity contribution in [3.05, 3.63) is 6.92 Å². The number of halogens is 1. The minimum Gasteiger partial charge on any atom is -0.0888 e. The molecule has 0 saturated carbocycles. The average Bonchev–Trinajstić information content (AvgIpc) is 1.67. The molecule has 1 heteroatoms. The molecule has 0 aromatic heterocycles. The Balaban J connectivity index is 3.17. The van der Waals surface area contributed by atoms with E-state index in [2.05, 4.69) is 36.7 Å². The molecule has 0 bridgehead atoms. The number of alkyl halides is 1. The Bertz CT molecular complexity index is 50.3.